The summed E-state index contributed by atoms with van der Waals surface area (Å²) in [6.45, 7) is 7.61. The molecule has 2 amide bonds. The molecule has 0 unspecified atom stereocenters. The zero-order valence-corrected chi connectivity index (χ0v) is 14.4. The number of carbonyl (C=O) groups is 2. The lowest BCUT2D eigenvalue weighted by Crippen LogP contribution is -3.14. The maximum Gasteiger partial charge on any atom is 0.246 e. The molecule has 2 heterocycles. The molecule has 7 nitrogen and oxygen atoms in total. The molecule has 1 atom stereocenters. The summed E-state index contributed by atoms with van der Waals surface area (Å²) in [5.74, 6) is -1.51. The number of nitrogens with one attached hydrogen (secondary N) is 2. The van der Waals surface area contributed by atoms with E-state index in [9.17, 15) is 9.59 Å². The second-order valence-corrected chi connectivity index (χ2v) is 6.17. The van der Waals surface area contributed by atoms with E-state index in [2.05, 4.69) is 10.3 Å². The Kier molecular flexibility index (Phi) is 7.07. The molecule has 0 saturated carbocycles. The largest absolute Gasteiger partial charge is 0.370 e. The summed E-state index contributed by atoms with van der Waals surface area (Å²) >= 11 is 5.08. The van der Waals surface area contributed by atoms with Crippen LogP contribution in [-0.4, -0.2) is 74.0 Å². The summed E-state index contributed by atoms with van der Waals surface area (Å²) in [7, 11) is 0. The number of hydrogen-bond donors (Lipinski definition) is 2. The van der Waals surface area contributed by atoms with Gasteiger partial charge in [0.05, 0.1) is 26.3 Å². The Morgan fingerprint density at radius 2 is 2.17 bits per heavy atom. The third kappa shape index (κ3) is 5.05. The average molecular weight is 341 g/mol. The molecule has 2 rings (SSSR count). The summed E-state index contributed by atoms with van der Waals surface area (Å²) < 4.78 is 5.31. The van der Waals surface area contributed by atoms with Gasteiger partial charge in [0.1, 0.15) is 13.1 Å². The molecule has 2 N–H and O–H groups in total. The zero-order valence-electron chi connectivity index (χ0n) is 13.5. The maximum absolute atomic E-state index is 12.4. The van der Waals surface area contributed by atoms with Gasteiger partial charge in [0.15, 0.2) is 11.0 Å². The number of thiocarbonyl (C=S) groups is 1. The second-order valence-electron chi connectivity index (χ2n) is 5.78. The zero-order chi connectivity index (χ0) is 16.7. The van der Waals surface area contributed by atoms with Crippen LogP contribution in [0.25, 0.3) is 0 Å². The molecule has 0 aliphatic carbocycles. The first-order valence-corrected chi connectivity index (χ1v) is 8.61. The number of hydrogen-bond acceptors (Lipinski definition) is 5. The predicted molar refractivity (Wildman–Crippen MR) is 90.6 cm³/mol. The summed E-state index contributed by atoms with van der Waals surface area (Å²) in [5.41, 5.74) is 0. The van der Waals surface area contributed by atoms with Crippen LogP contribution in [0.5, 0.6) is 0 Å². The van der Waals surface area contributed by atoms with E-state index in [1.54, 1.807) is 0 Å². The Morgan fingerprint density at radius 1 is 1.43 bits per heavy atom. The van der Waals surface area contributed by atoms with Crippen molar-refractivity contribution in [2.45, 2.75) is 19.8 Å². The fraction of sp³-hybridized carbons (Fsp3) is 0.733. The first-order valence-electron chi connectivity index (χ1n) is 8.21. The van der Waals surface area contributed by atoms with Gasteiger partial charge in [-0.1, -0.05) is 13.3 Å². The Hall–Kier alpha value is -1.38. The van der Waals surface area contributed by atoms with Crippen LogP contribution in [0, 0.1) is 5.92 Å². The summed E-state index contributed by atoms with van der Waals surface area (Å²) in [5, 5.41) is 2.80. The smallest absolute Gasteiger partial charge is 0.246 e. The van der Waals surface area contributed by atoms with Crippen LogP contribution in [0.2, 0.25) is 0 Å². The van der Waals surface area contributed by atoms with E-state index in [-0.39, 0.29) is 16.9 Å². The first-order chi connectivity index (χ1) is 11.1. The molecular weight excluding hydrogens is 316 g/mol. The molecule has 0 aromatic heterocycles. The van der Waals surface area contributed by atoms with E-state index < -0.39 is 5.92 Å². The van der Waals surface area contributed by atoms with Crippen molar-refractivity contribution in [3.05, 3.63) is 0 Å². The minimum absolute atomic E-state index is 0.205. The van der Waals surface area contributed by atoms with Gasteiger partial charge in [0.25, 0.3) is 0 Å². The lowest BCUT2D eigenvalue weighted by molar-refractivity contribution is -0.906. The van der Waals surface area contributed by atoms with Crippen LogP contribution >= 0.6 is 12.2 Å². The van der Waals surface area contributed by atoms with Crippen molar-refractivity contribution in [2.75, 3.05) is 45.9 Å². The molecule has 2 fully saturated rings. The summed E-state index contributed by atoms with van der Waals surface area (Å²) in [6, 6.07) is 0. The quantitative estimate of drug-likeness (QED) is 0.340. The number of ether oxygens (including phenoxy) is 1. The van der Waals surface area contributed by atoms with Crippen molar-refractivity contribution in [3.8, 4) is 0 Å². The highest BCUT2D eigenvalue weighted by atomic mass is 32.1. The van der Waals surface area contributed by atoms with Crippen LogP contribution < -0.4 is 10.2 Å². The predicted octanol–water partition coefficient (Wildman–Crippen LogP) is -1.37. The van der Waals surface area contributed by atoms with Gasteiger partial charge in [-0.25, -0.2) is 0 Å². The van der Waals surface area contributed by atoms with Gasteiger partial charge in [-0.2, -0.15) is 0 Å². The second kappa shape index (κ2) is 9.05. The SMILES string of the molecule is CCCCN1C(=O)[C@H](C=NCC[NH+]2CCOCC2)C(=O)NC1=S. The van der Waals surface area contributed by atoms with E-state index in [0.717, 1.165) is 45.7 Å². The molecule has 23 heavy (non-hydrogen) atoms. The number of amides is 2. The van der Waals surface area contributed by atoms with Gasteiger partial charge in [-0.3, -0.25) is 19.5 Å². The van der Waals surface area contributed by atoms with Crippen molar-refractivity contribution < 1.29 is 19.2 Å². The van der Waals surface area contributed by atoms with Gasteiger partial charge < -0.3 is 15.0 Å². The molecule has 128 valence electrons. The third-order valence-electron chi connectivity index (χ3n) is 4.07. The Morgan fingerprint density at radius 3 is 2.87 bits per heavy atom. The van der Waals surface area contributed by atoms with Gasteiger partial charge in [-0.05, 0) is 18.6 Å². The molecule has 0 aromatic rings. The first kappa shape index (κ1) is 18.0. The number of rotatable bonds is 7. The van der Waals surface area contributed by atoms with Crippen molar-refractivity contribution >= 4 is 35.4 Å². The number of nitrogens with zero attached hydrogens (tertiary/aromatic N) is 2. The number of unbranched alkanes of at least 4 members (excludes halogenated alkanes) is 1. The van der Waals surface area contributed by atoms with Crippen molar-refractivity contribution in [1.29, 1.82) is 0 Å². The molecular formula is C15H25N4O3S+. The molecule has 8 heteroatoms. The highest BCUT2D eigenvalue weighted by molar-refractivity contribution is 7.80. The van der Waals surface area contributed by atoms with Crippen LogP contribution in [0.4, 0.5) is 0 Å². The summed E-state index contributed by atoms with van der Waals surface area (Å²) in [6.07, 6.45) is 3.28. The Bertz CT molecular complexity index is 477. The lowest BCUT2D eigenvalue weighted by atomic mass is 10.1. The highest BCUT2D eigenvalue weighted by Crippen LogP contribution is 2.10. The number of morpholine rings is 1. The Labute approximate surface area is 142 Å². The van der Waals surface area contributed by atoms with Crippen molar-refractivity contribution in [3.63, 3.8) is 0 Å². The molecule has 0 radical (unpaired) electrons. The normalized spacial score (nSPS) is 23.6. The minimum Gasteiger partial charge on any atom is -0.370 e. The van der Waals surface area contributed by atoms with Crippen LogP contribution in [0.1, 0.15) is 19.8 Å². The van der Waals surface area contributed by atoms with E-state index in [1.165, 1.54) is 16.0 Å². The maximum atomic E-state index is 12.4. The van der Waals surface area contributed by atoms with Gasteiger partial charge in [0.2, 0.25) is 11.8 Å². The fourth-order valence-electron chi connectivity index (χ4n) is 2.60. The molecule has 2 aliphatic rings. The molecule has 0 bridgehead atoms. The van der Waals surface area contributed by atoms with E-state index in [0.29, 0.717) is 13.1 Å². The van der Waals surface area contributed by atoms with E-state index in [4.69, 9.17) is 17.0 Å². The molecule has 2 saturated heterocycles. The fourth-order valence-corrected chi connectivity index (χ4v) is 2.88. The molecule has 0 spiro atoms. The molecule has 2 aliphatic heterocycles. The van der Waals surface area contributed by atoms with Gasteiger partial charge in [-0.15, -0.1) is 0 Å². The van der Waals surface area contributed by atoms with Crippen LogP contribution in [-0.2, 0) is 14.3 Å². The minimum atomic E-state index is -0.863. The number of aliphatic imine (C=N–C) groups is 1. The van der Waals surface area contributed by atoms with Gasteiger partial charge in [0, 0.05) is 12.8 Å². The highest BCUT2D eigenvalue weighted by Gasteiger charge is 2.36. The lowest BCUT2D eigenvalue weighted by Gasteiger charge is -2.30. The standard InChI is InChI=1S/C15H24N4O3S/c1-2-3-5-19-14(21)12(13(20)17-15(19)23)11-16-4-6-18-7-9-22-10-8-18/h11-12H,2-10H2,1H3,(H,17,20,23)/p+1/t12-/m1/s1. The van der Waals surface area contributed by atoms with Crippen molar-refractivity contribution in [1.82, 2.24) is 10.2 Å². The van der Waals surface area contributed by atoms with E-state index >= 15 is 0 Å². The van der Waals surface area contributed by atoms with Crippen LogP contribution in [0.3, 0.4) is 0 Å². The molecule has 0 aromatic carbocycles. The average Bonchev–Trinajstić information content (AvgIpc) is 2.54. The topological polar surface area (TPSA) is 75.4 Å². The van der Waals surface area contributed by atoms with Gasteiger partial charge >= 0.3 is 0 Å². The number of quaternary nitrogens is 1. The monoisotopic (exact) mass is 341 g/mol. The van der Waals surface area contributed by atoms with Crippen molar-refractivity contribution in [2.24, 2.45) is 10.9 Å². The number of carbonyl (C=O) groups excluding carboxylic acids is 2. The summed E-state index contributed by atoms with van der Waals surface area (Å²) in [4.78, 5) is 31.6. The Balaban J connectivity index is 1.86. The third-order valence-corrected chi connectivity index (χ3v) is 4.40. The van der Waals surface area contributed by atoms with E-state index in [1.807, 2.05) is 6.92 Å². The van der Waals surface area contributed by atoms with Crippen LogP contribution in [0.15, 0.2) is 4.99 Å².